The molecule has 1 aromatic rings. The van der Waals surface area contributed by atoms with Gasteiger partial charge in [-0.1, -0.05) is 12.1 Å². The van der Waals surface area contributed by atoms with Gasteiger partial charge in [-0.2, -0.15) is 0 Å². The van der Waals surface area contributed by atoms with Crippen LogP contribution in [0.15, 0.2) is 24.2 Å². The fourth-order valence-corrected chi connectivity index (χ4v) is 0.850. The largest absolute Gasteiger partial charge is 0.508 e. The minimum absolute atomic E-state index is 0.0275. The van der Waals surface area contributed by atoms with E-state index in [4.69, 9.17) is 18.7 Å². The highest BCUT2D eigenvalue weighted by molar-refractivity contribution is 5.73. The van der Waals surface area contributed by atoms with Crippen molar-refractivity contribution in [3.63, 3.8) is 0 Å². The molecule has 1 rings (SSSR count). The maximum atomic E-state index is 10.5. The molecule has 0 amide bonds. The zero-order valence-electron chi connectivity index (χ0n) is 8.82. The van der Waals surface area contributed by atoms with E-state index in [1.807, 2.05) is 0 Å². The number of benzene rings is 1. The van der Waals surface area contributed by atoms with E-state index < -0.39 is 12.0 Å². The van der Waals surface area contributed by atoms with Gasteiger partial charge in [-0.3, -0.25) is 4.79 Å². The highest BCUT2D eigenvalue weighted by atomic mass is 16.4. The molecule has 4 N–H and O–H groups in total. The van der Waals surface area contributed by atoms with E-state index in [0.717, 1.165) is 0 Å². The Morgan fingerprint density at radius 3 is 2.92 bits per heavy atom. The minimum Gasteiger partial charge on any atom is -0.508 e. The van der Waals surface area contributed by atoms with Crippen LogP contribution >= 0.6 is 0 Å². The molecule has 0 saturated carbocycles. The zero-order valence-corrected chi connectivity index (χ0v) is 6.82. The molecule has 0 heterocycles. The summed E-state index contributed by atoms with van der Waals surface area (Å²) in [5.41, 5.74) is 5.64. The number of nitrogens with two attached hydrogens (primary N) is 1. The number of hydrogen-bond donors (Lipinski definition) is 3. The number of carbonyl (C=O) groups is 1. The monoisotopic (exact) mass is 183 g/mol. The van der Waals surface area contributed by atoms with Crippen molar-refractivity contribution >= 4 is 5.97 Å². The van der Waals surface area contributed by atoms with Gasteiger partial charge in [0.15, 0.2) is 0 Å². The Hall–Kier alpha value is -1.55. The third-order valence-corrected chi connectivity index (χ3v) is 1.55. The topological polar surface area (TPSA) is 83.5 Å². The molecule has 0 aliphatic rings. The first-order chi connectivity index (χ1) is 6.93. The average molecular weight is 183 g/mol. The van der Waals surface area contributed by atoms with Crippen LogP contribution in [-0.2, 0) is 11.2 Å². The summed E-state index contributed by atoms with van der Waals surface area (Å²) in [6, 6.07) is 1.05. The van der Waals surface area contributed by atoms with E-state index in [-0.39, 0.29) is 24.3 Å². The van der Waals surface area contributed by atoms with Crippen molar-refractivity contribution < 1.29 is 17.7 Å². The zero-order chi connectivity index (χ0) is 11.6. The van der Waals surface area contributed by atoms with Crippen molar-refractivity contribution in [1.29, 1.82) is 0 Å². The van der Waals surface area contributed by atoms with Crippen molar-refractivity contribution in [2.24, 2.45) is 5.73 Å². The number of rotatable bonds is 3. The van der Waals surface area contributed by atoms with Crippen LogP contribution in [0.3, 0.4) is 0 Å². The molecule has 13 heavy (non-hydrogen) atoms. The molecule has 0 aliphatic carbocycles. The summed E-state index contributed by atoms with van der Waals surface area (Å²) in [7, 11) is 0. The Morgan fingerprint density at radius 2 is 2.31 bits per heavy atom. The molecule has 0 spiro atoms. The van der Waals surface area contributed by atoms with Crippen LogP contribution in [0.4, 0.5) is 0 Å². The first kappa shape index (κ1) is 6.91. The van der Waals surface area contributed by atoms with Crippen molar-refractivity contribution in [3.8, 4) is 5.75 Å². The van der Waals surface area contributed by atoms with Crippen molar-refractivity contribution in [2.45, 2.75) is 12.5 Å². The highest BCUT2D eigenvalue weighted by Crippen LogP contribution is 2.10. The fourth-order valence-electron chi connectivity index (χ4n) is 0.850. The molecule has 4 heteroatoms. The number of aliphatic carboxylic acids is 1. The molecular formula is C9H11NO3. The minimum atomic E-state index is -1.16. The normalized spacial score (nSPS) is 14.5. The second-order valence-electron chi connectivity index (χ2n) is 2.64. The van der Waals surface area contributed by atoms with Crippen molar-refractivity contribution in [1.82, 2.24) is 0 Å². The third kappa shape index (κ3) is 2.76. The molecule has 70 valence electrons. The van der Waals surface area contributed by atoms with E-state index in [1.54, 1.807) is 0 Å². The number of aromatic hydroxyl groups is 1. The molecular weight excluding hydrogens is 170 g/mol. The van der Waals surface area contributed by atoms with Gasteiger partial charge >= 0.3 is 5.97 Å². The Labute approximate surface area is 78.4 Å². The number of hydrogen-bond acceptors (Lipinski definition) is 3. The Morgan fingerprint density at radius 1 is 1.62 bits per heavy atom. The molecule has 1 atom stereocenters. The summed E-state index contributed by atoms with van der Waals surface area (Å²) >= 11 is 0. The molecule has 0 saturated heterocycles. The number of carboxylic acid groups (broad SMARTS) is 1. The summed E-state index contributed by atoms with van der Waals surface area (Å²) in [5, 5.41) is 17.7. The maximum Gasteiger partial charge on any atom is 0.320 e. The molecule has 0 aliphatic heterocycles. The van der Waals surface area contributed by atoms with Gasteiger partial charge in [0, 0.05) is 0 Å². The summed E-state index contributed by atoms with van der Waals surface area (Å²) in [4.78, 5) is 10.5. The lowest BCUT2D eigenvalue weighted by atomic mass is 10.1. The van der Waals surface area contributed by atoms with Gasteiger partial charge in [-0.15, -0.1) is 0 Å². The predicted octanol–water partition coefficient (Wildman–Crippen LogP) is 0.347. The summed E-state index contributed by atoms with van der Waals surface area (Å²) in [6.45, 7) is 0. The SMILES string of the molecule is [2H]c1c(O)ccc(C[C@H](N)C(=O)O)c1[2H]. The van der Waals surface area contributed by atoms with E-state index in [1.165, 1.54) is 12.1 Å². The lowest BCUT2D eigenvalue weighted by Gasteiger charge is -2.05. The molecule has 1 aromatic carbocycles. The van der Waals surface area contributed by atoms with Gasteiger partial charge in [0.05, 0.1) is 2.74 Å². The number of carboxylic acids is 1. The van der Waals surface area contributed by atoms with Gasteiger partial charge in [0.2, 0.25) is 0 Å². The fraction of sp³-hybridized carbons (Fsp3) is 0.222. The van der Waals surface area contributed by atoms with E-state index in [9.17, 15) is 4.79 Å². The van der Waals surface area contributed by atoms with E-state index in [2.05, 4.69) is 0 Å². The third-order valence-electron chi connectivity index (χ3n) is 1.55. The Kier molecular flexibility index (Phi) is 2.08. The van der Waals surface area contributed by atoms with Crippen LogP contribution in [0.2, 0.25) is 0 Å². The maximum absolute atomic E-state index is 10.5. The number of phenolic OH excluding ortho intramolecular Hbond substituents is 1. The molecule has 0 bridgehead atoms. The van der Waals surface area contributed by atoms with Gasteiger partial charge in [0.1, 0.15) is 11.8 Å². The van der Waals surface area contributed by atoms with Crippen LogP contribution in [0, 0.1) is 0 Å². The molecule has 0 unspecified atom stereocenters. The number of phenols is 1. The van der Waals surface area contributed by atoms with Crippen LogP contribution in [-0.4, -0.2) is 22.2 Å². The summed E-state index contributed by atoms with van der Waals surface area (Å²) in [5.74, 6) is -1.46. The predicted molar refractivity (Wildman–Crippen MR) is 47.4 cm³/mol. The first-order valence-electron chi connectivity index (χ1n) is 4.70. The van der Waals surface area contributed by atoms with Crippen LogP contribution in [0.5, 0.6) is 5.75 Å². The van der Waals surface area contributed by atoms with Gasteiger partial charge < -0.3 is 15.9 Å². The van der Waals surface area contributed by atoms with E-state index >= 15 is 0 Å². The van der Waals surface area contributed by atoms with E-state index in [0.29, 0.717) is 5.56 Å². The highest BCUT2D eigenvalue weighted by Gasteiger charge is 2.11. The standard InChI is InChI=1S/C9H11NO3/c10-8(9(12)13)5-6-1-3-7(11)4-2-6/h1-4,8,11H,5,10H2,(H,12,13)/t8-/m0/s1/i1D,3D. The van der Waals surface area contributed by atoms with Crippen LogP contribution in [0.1, 0.15) is 8.30 Å². The summed E-state index contributed by atoms with van der Waals surface area (Å²) in [6.07, 6.45) is -0.0275. The molecule has 0 aromatic heterocycles. The van der Waals surface area contributed by atoms with Crippen molar-refractivity contribution in [3.05, 3.63) is 29.8 Å². The lowest BCUT2D eigenvalue weighted by molar-refractivity contribution is -0.138. The van der Waals surface area contributed by atoms with Crippen molar-refractivity contribution in [2.75, 3.05) is 0 Å². The average Bonchev–Trinajstić information content (AvgIpc) is 2.18. The smallest absolute Gasteiger partial charge is 0.320 e. The lowest BCUT2D eigenvalue weighted by Crippen LogP contribution is -2.32. The Balaban J connectivity index is 2.97. The molecule has 0 radical (unpaired) electrons. The first-order valence-corrected chi connectivity index (χ1v) is 3.70. The second-order valence-corrected chi connectivity index (χ2v) is 2.64. The molecule has 4 nitrogen and oxygen atoms in total. The van der Waals surface area contributed by atoms with Gasteiger partial charge in [0.25, 0.3) is 0 Å². The summed E-state index contributed by atoms with van der Waals surface area (Å²) < 4.78 is 14.8. The van der Waals surface area contributed by atoms with Crippen LogP contribution < -0.4 is 5.73 Å². The molecule has 0 fully saturated rings. The van der Waals surface area contributed by atoms with Crippen LogP contribution in [0.25, 0.3) is 0 Å². The quantitative estimate of drug-likeness (QED) is 0.631. The van der Waals surface area contributed by atoms with Gasteiger partial charge in [-0.05, 0) is 24.1 Å². The Bertz CT molecular complexity index is 395. The second kappa shape index (κ2) is 3.91. The van der Waals surface area contributed by atoms with Gasteiger partial charge in [-0.25, -0.2) is 0 Å².